The van der Waals surface area contributed by atoms with E-state index in [0.29, 0.717) is 29.9 Å². The van der Waals surface area contributed by atoms with Gasteiger partial charge in [-0.3, -0.25) is 4.79 Å². The van der Waals surface area contributed by atoms with E-state index < -0.39 is 0 Å². The molecule has 0 aliphatic carbocycles. The lowest BCUT2D eigenvalue weighted by atomic mass is 10.2. The number of hydrogen-bond donors (Lipinski definition) is 1. The molecule has 1 N–H and O–H groups in total. The standard InChI is InChI=1S/C15H14N4O3S/c20-13(10-23-15-16-5-2-6-17-15)19-18-9-11-3-1-4-12-14(11)22-8-7-21-12/h1-6,9H,7-8,10H2,(H,19,20)/b18-9+. The topological polar surface area (TPSA) is 85.7 Å². The third-order valence-corrected chi connectivity index (χ3v) is 3.74. The Bertz CT molecular complexity index is 709. The van der Waals surface area contributed by atoms with Gasteiger partial charge >= 0.3 is 0 Å². The number of rotatable bonds is 5. The SMILES string of the molecule is O=C(CSc1ncccn1)N/N=C/c1cccc2c1OCCO2. The molecule has 1 aliphatic heterocycles. The zero-order valence-electron chi connectivity index (χ0n) is 12.1. The van der Waals surface area contributed by atoms with Crippen LogP contribution in [0.1, 0.15) is 5.56 Å². The van der Waals surface area contributed by atoms with Crippen LogP contribution in [0, 0.1) is 0 Å². The molecule has 7 nitrogen and oxygen atoms in total. The second-order valence-electron chi connectivity index (χ2n) is 4.48. The predicted molar refractivity (Wildman–Crippen MR) is 85.9 cm³/mol. The first kappa shape index (κ1) is 15.3. The zero-order chi connectivity index (χ0) is 15.9. The Morgan fingerprint density at radius 1 is 1.26 bits per heavy atom. The van der Waals surface area contributed by atoms with Crippen LogP contribution in [0.25, 0.3) is 0 Å². The van der Waals surface area contributed by atoms with E-state index in [4.69, 9.17) is 9.47 Å². The maximum absolute atomic E-state index is 11.7. The first-order chi connectivity index (χ1) is 11.3. The summed E-state index contributed by atoms with van der Waals surface area (Å²) in [6, 6.07) is 7.25. The molecule has 0 fully saturated rings. The van der Waals surface area contributed by atoms with Crippen LogP contribution in [-0.2, 0) is 4.79 Å². The van der Waals surface area contributed by atoms with Gasteiger partial charge in [0.05, 0.1) is 12.0 Å². The van der Waals surface area contributed by atoms with Crippen LogP contribution < -0.4 is 14.9 Å². The molecule has 118 valence electrons. The van der Waals surface area contributed by atoms with Crippen molar-refractivity contribution in [2.45, 2.75) is 5.16 Å². The molecule has 1 aromatic carbocycles. The van der Waals surface area contributed by atoms with E-state index in [1.54, 1.807) is 18.5 Å². The Morgan fingerprint density at radius 2 is 2.09 bits per heavy atom. The van der Waals surface area contributed by atoms with Gasteiger partial charge in [0.25, 0.3) is 5.91 Å². The van der Waals surface area contributed by atoms with Gasteiger partial charge in [-0.05, 0) is 18.2 Å². The molecular formula is C15H14N4O3S. The minimum absolute atomic E-state index is 0.188. The van der Waals surface area contributed by atoms with Crippen molar-refractivity contribution in [3.05, 3.63) is 42.2 Å². The van der Waals surface area contributed by atoms with Crippen LogP contribution in [0.3, 0.4) is 0 Å². The van der Waals surface area contributed by atoms with Crippen molar-refractivity contribution in [3.63, 3.8) is 0 Å². The Hall–Kier alpha value is -2.61. The smallest absolute Gasteiger partial charge is 0.250 e. The number of hydrogen-bond acceptors (Lipinski definition) is 7. The van der Waals surface area contributed by atoms with Gasteiger partial charge in [0.2, 0.25) is 0 Å². The maximum Gasteiger partial charge on any atom is 0.250 e. The van der Waals surface area contributed by atoms with Crippen molar-refractivity contribution >= 4 is 23.9 Å². The van der Waals surface area contributed by atoms with Crippen LogP contribution in [0.4, 0.5) is 0 Å². The number of fused-ring (bicyclic) bond motifs is 1. The number of thioether (sulfide) groups is 1. The van der Waals surface area contributed by atoms with E-state index in [1.807, 2.05) is 18.2 Å². The summed E-state index contributed by atoms with van der Waals surface area (Å²) in [5, 5.41) is 4.50. The van der Waals surface area contributed by atoms with E-state index in [1.165, 1.54) is 18.0 Å². The monoisotopic (exact) mass is 330 g/mol. The van der Waals surface area contributed by atoms with Gasteiger partial charge in [0.1, 0.15) is 13.2 Å². The third kappa shape index (κ3) is 4.19. The molecule has 3 rings (SSSR count). The number of nitrogens with zero attached hydrogens (tertiary/aromatic N) is 3. The average Bonchev–Trinajstić information content (AvgIpc) is 2.61. The van der Waals surface area contributed by atoms with E-state index in [2.05, 4.69) is 20.5 Å². The number of para-hydroxylation sites is 1. The quantitative estimate of drug-likeness (QED) is 0.387. The summed E-state index contributed by atoms with van der Waals surface area (Å²) in [6.45, 7) is 1.03. The number of carbonyl (C=O) groups is 1. The summed E-state index contributed by atoms with van der Waals surface area (Å²) in [7, 11) is 0. The van der Waals surface area contributed by atoms with Crippen LogP contribution in [0.5, 0.6) is 11.5 Å². The number of ether oxygens (including phenoxy) is 2. The Labute approximate surface area is 137 Å². The van der Waals surface area contributed by atoms with E-state index in [-0.39, 0.29) is 11.7 Å². The maximum atomic E-state index is 11.7. The van der Waals surface area contributed by atoms with Gasteiger partial charge in [-0.15, -0.1) is 0 Å². The van der Waals surface area contributed by atoms with Crippen molar-refractivity contribution in [1.82, 2.24) is 15.4 Å². The molecule has 1 aromatic heterocycles. The minimum Gasteiger partial charge on any atom is -0.486 e. The first-order valence-electron chi connectivity index (χ1n) is 6.93. The van der Waals surface area contributed by atoms with Crippen molar-refractivity contribution < 1.29 is 14.3 Å². The van der Waals surface area contributed by atoms with Crippen LogP contribution >= 0.6 is 11.8 Å². The minimum atomic E-state index is -0.235. The molecule has 2 aromatic rings. The molecule has 0 unspecified atom stereocenters. The van der Waals surface area contributed by atoms with E-state index in [0.717, 1.165) is 5.56 Å². The fourth-order valence-corrected chi connectivity index (χ4v) is 2.49. The van der Waals surface area contributed by atoms with Gasteiger partial charge in [0, 0.05) is 18.0 Å². The normalized spacial score (nSPS) is 13.0. The molecule has 0 atom stereocenters. The first-order valence-corrected chi connectivity index (χ1v) is 7.92. The molecule has 0 spiro atoms. The predicted octanol–water partition coefficient (Wildman–Crippen LogP) is 1.49. The fraction of sp³-hybridized carbons (Fsp3) is 0.200. The number of benzene rings is 1. The number of amides is 1. The molecule has 8 heteroatoms. The lowest BCUT2D eigenvalue weighted by molar-refractivity contribution is -0.118. The van der Waals surface area contributed by atoms with Crippen LogP contribution in [0.2, 0.25) is 0 Å². The van der Waals surface area contributed by atoms with Crippen molar-refractivity contribution in [3.8, 4) is 11.5 Å². The van der Waals surface area contributed by atoms with Crippen molar-refractivity contribution in [1.29, 1.82) is 0 Å². The molecule has 0 saturated heterocycles. The summed E-state index contributed by atoms with van der Waals surface area (Å²) in [5.41, 5.74) is 3.22. The van der Waals surface area contributed by atoms with Gasteiger partial charge in [-0.2, -0.15) is 5.10 Å². The summed E-state index contributed by atoms with van der Waals surface area (Å²) >= 11 is 1.24. The molecule has 0 saturated carbocycles. The molecule has 23 heavy (non-hydrogen) atoms. The highest BCUT2D eigenvalue weighted by Gasteiger charge is 2.14. The van der Waals surface area contributed by atoms with E-state index >= 15 is 0 Å². The number of carbonyl (C=O) groups excluding carboxylic acids is 1. The van der Waals surface area contributed by atoms with Gasteiger partial charge < -0.3 is 9.47 Å². The van der Waals surface area contributed by atoms with Gasteiger partial charge in [-0.25, -0.2) is 15.4 Å². The van der Waals surface area contributed by atoms with Crippen molar-refractivity contribution in [2.24, 2.45) is 5.10 Å². The summed E-state index contributed by atoms with van der Waals surface area (Å²) in [4.78, 5) is 19.8. The highest BCUT2D eigenvalue weighted by molar-refractivity contribution is 7.99. The number of nitrogens with one attached hydrogen (secondary N) is 1. The second-order valence-corrected chi connectivity index (χ2v) is 5.43. The van der Waals surface area contributed by atoms with E-state index in [9.17, 15) is 4.79 Å². The van der Waals surface area contributed by atoms with Crippen LogP contribution in [0.15, 0.2) is 46.9 Å². The Balaban J connectivity index is 1.54. The Kier molecular flexibility index (Phi) is 5.05. The summed E-state index contributed by atoms with van der Waals surface area (Å²) in [6.07, 6.45) is 4.80. The number of hydrazone groups is 1. The molecule has 0 bridgehead atoms. The molecule has 2 heterocycles. The molecule has 1 aliphatic rings. The lowest BCUT2D eigenvalue weighted by Gasteiger charge is -2.19. The summed E-state index contributed by atoms with van der Waals surface area (Å²) in [5.74, 6) is 1.28. The van der Waals surface area contributed by atoms with Gasteiger partial charge in [-0.1, -0.05) is 17.8 Å². The summed E-state index contributed by atoms with van der Waals surface area (Å²) < 4.78 is 11.1. The molecular weight excluding hydrogens is 316 g/mol. The lowest BCUT2D eigenvalue weighted by Crippen LogP contribution is -2.20. The highest BCUT2D eigenvalue weighted by Crippen LogP contribution is 2.32. The number of aromatic nitrogens is 2. The second kappa shape index (κ2) is 7.59. The zero-order valence-corrected chi connectivity index (χ0v) is 13.0. The highest BCUT2D eigenvalue weighted by atomic mass is 32.2. The third-order valence-electron chi connectivity index (χ3n) is 2.86. The fourth-order valence-electron chi connectivity index (χ4n) is 1.89. The van der Waals surface area contributed by atoms with Crippen molar-refractivity contribution in [2.75, 3.05) is 19.0 Å². The average molecular weight is 330 g/mol. The molecule has 0 radical (unpaired) electrons. The molecule has 1 amide bonds. The largest absolute Gasteiger partial charge is 0.486 e. The van der Waals surface area contributed by atoms with Gasteiger partial charge in [0.15, 0.2) is 16.7 Å². The Morgan fingerprint density at radius 3 is 2.96 bits per heavy atom. The van der Waals surface area contributed by atoms with Crippen LogP contribution in [-0.4, -0.2) is 41.1 Å².